The molecule has 0 spiro atoms. The van der Waals surface area contributed by atoms with Gasteiger partial charge in [-0.2, -0.15) is 0 Å². The Hall–Kier alpha value is -4.93. The van der Waals surface area contributed by atoms with E-state index in [-0.39, 0.29) is 17.9 Å². The molecule has 1 aromatic heterocycles. The Labute approximate surface area is 272 Å². The van der Waals surface area contributed by atoms with Crippen molar-refractivity contribution in [3.8, 4) is 0 Å². The van der Waals surface area contributed by atoms with Crippen LogP contribution in [0.3, 0.4) is 0 Å². The maximum atomic E-state index is 14.1. The Balaban J connectivity index is 1.12. The molecular formula is C42H41N3O. The van der Waals surface area contributed by atoms with Crippen molar-refractivity contribution < 1.29 is 4.79 Å². The molecule has 5 aromatic carbocycles. The maximum Gasteiger partial charge on any atom is 0.223 e. The summed E-state index contributed by atoms with van der Waals surface area (Å²) in [5, 5.41) is 1.24. The standard InChI is InChI=1S/C42H41N3O/c46-41(43-25-27-44(28-26-43)42(35-19-9-3-10-20-35)36-21-11-4-12-22-36)30-37(29-33-15-5-1-6-16-33)39-32-45(31-34-17-7-2-8-18-34)40-24-14-13-23-38(39)40/h1-24,32,37,42H,25-31H2. The summed E-state index contributed by atoms with van der Waals surface area (Å²) < 4.78 is 2.36. The Kier molecular flexibility index (Phi) is 9.07. The van der Waals surface area contributed by atoms with Crippen LogP contribution >= 0.6 is 0 Å². The largest absolute Gasteiger partial charge is 0.343 e. The summed E-state index contributed by atoms with van der Waals surface area (Å²) in [6.45, 7) is 3.98. The third-order valence-electron chi connectivity index (χ3n) is 9.46. The van der Waals surface area contributed by atoms with Gasteiger partial charge in [0.15, 0.2) is 0 Å². The molecule has 46 heavy (non-hydrogen) atoms. The molecule has 7 rings (SSSR count). The molecule has 0 saturated carbocycles. The number of aromatic nitrogens is 1. The minimum atomic E-state index is 0.0799. The van der Waals surface area contributed by atoms with Gasteiger partial charge in [-0.15, -0.1) is 0 Å². The molecular weight excluding hydrogens is 562 g/mol. The van der Waals surface area contributed by atoms with Gasteiger partial charge in [-0.25, -0.2) is 0 Å². The van der Waals surface area contributed by atoms with Crippen molar-refractivity contribution >= 4 is 16.8 Å². The smallest absolute Gasteiger partial charge is 0.223 e. The highest BCUT2D eigenvalue weighted by Gasteiger charge is 2.30. The van der Waals surface area contributed by atoms with Crippen LogP contribution in [-0.2, 0) is 17.8 Å². The first-order chi connectivity index (χ1) is 22.7. The van der Waals surface area contributed by atoms with Crippen LogP contribution in [0.1, 0.15) is 46.2 Å². The van der Waals surface area contributed by atoms with E-state index in [0.29, 0.717) is 6.42 Å². The van der Waals surface area contributed by atoms with E-state index in [2.05, 4.69) is 166 Å². The average molecular weight is 604 g/mol. The number of benzene rings is 5. The molecule has 1 atom stereocenters. The predicted octanol–water partition coefficient (Wildman–Crippen LogP) is 8.34. The first-order valence-corrected chi connectivity index (χ1v) is 16.5. The predicted molar refractivity (Wildman–Crippen MR) is 188 cm³/mol. The van der Waals surface area contributed by atoms with Crippen molar-refractivity contribution in [2.45, 2.75) is 31.3 Å². The molecule has 6 aromatic rings. The van der Waals surface area contributed by atoms with Gasteiger partial charge in [0.1, 0.15) is 0 Å². The second-order valence-electron chi connectivity index (χ2n) is 12.4. The lowest BCUT2D eigenvalue weighted by molar-refractivity contribution is -0.133. The Morgan fingerprint density at radius 1 is 0.587 bits per heavy atom. The van der Waals surface area contributed by atoms with Gasteiger partial charge in [-0.05, 0) is 46.2 Å². The minimum absolute atomic E-state index is 0.0799. The van der Waals surface area contributed by atoms with Gasteiger partial charge in [0, 0.05) is 56.2 Å². The van der Waals surface area contributed by atoms with Crippen LogP contribution < -0.4 is 0 Å². The van der Waals surface area contributed by atoms with Crippen molar-refractivity contribution in [1.29, 1.82) is 0 Å². The molecule has 4 heteroatoms. The summed E-state index contributed by atoms with van der Waals surface area (Å²) in [5.74, 6) is 0.327. The summed E-state index contributed by atoms with van der Waals surface area (Å²) in [4.78, 5) is 18.8. The summed E-state index contributed by atoms with van der Waals surface area (Å²) in [6.07, 6.45) is 3.63. The fourth-order valence-corrected chi connectivity index (χ4v) is 7.16. The van der Waals surface area contributed by atoms with E-state index in [1.807, 2.05) is 0 Å². The van der Waals surface area contributed by atoms with Crippen molar-refractivity contribution in [2.24, 2.45) is 0 Å². The molecule has 1 amide bonds. The Bertz CT molecular complexity index is 1800. The van der Waals surface area contributed by atoms with Gasteiger partial charge in [-0.3, -0.25) is 9.69 Å². The van der Waals surface area contributed by atoms with Gasteiger partial charge in [0.05, 0.1) is 6.04 Å². The minimum Gasteiger partial charge on any atom is -0.343 e. The van der Waals surface area contributed by atoms with Crippen LogP contribution in [0.25, 0.3) is 10.9 Å². The Morgan fingerprint density at radius 3 is 1.72 bits per heavy atom. The second kappa shape index (κ2) is 14.0. The van der Waals surface area contributed by atoms with Crippen LogP contribution in [0.2, 0.25) is 0 Å². The van der Waals surface area contributed by atoms with E-state index in [4.69, 9.17) is 0 Å². The van der Waals surface area contributed by atoms with E-state index in [1.54, 1.807) is 0 Å². The summed E-state index contributed by atoms with van der Waals surface area (Å²) in [7, 11) is 0. The normalized spacial score (nSPS) is 14.5. The van der Waals surface area contributed by atoms with Crippen LogP contribution in [-0.4, -0.2) is 46.5 Å². The number of nitrogens with zero attached hydrogens (tertiary/aromatic N) is 3. The quantitative estimate of drug-likeness (QED) is 0.158. The number of carbonyl (C=O) groups excluding carboxylic acids is 1. The molecule has 0 bridgehead atoms. The van der Waals surface area contributed by atoms with E-state index >= 15 is 0 Å². The number of para-hydroxylation sites is 1. The third-order valence-corrected chi connectivity index (χ3v) is 9.46. The highest BCUT2D eigenvalue weighted by molar-refractivity contribution is 5.86. The zero-order chi connectivity index (χ0) is 31.1. The number of rotatable bonds is 10. The number of hydrogen-bond donors (Lipinski definition) is 0. The second-order valence-corrected chi connectivity index (χ2v) is 12.4. The number of carbonyl (C=O) groups is 1. The Morgan fingerprint density at radius 2 is 1.11 bits per heavy atom. The first-order valence-electron chi connectivity index (χ1n) is 16.5. The van der Waals surface area contributed by atoms with E-state index in [9.17, 15) is 4.79 Å². The highest BCUT2D eigenvalue weighted by atomic mass is 16.2. The van der Waals surface area contributed by atoms with Gasteiger partial charge < -0.3 is 9.47 Å². The van der Waals surface area contributed by atoms with E-state index < -0.39 is 0 Å². The van der Waals surface area contributed by atoms with Crippen molar-refractivity contribution in [3.05, 3.63) is 180 Å². The maximum absolute atomic E-state index is 14.1. The molecule has 1 fully saturated rings. The van der Waals surface area contributed by atoms with Crippen molar-refractivity contribution in [3.63, 3.8) is 0 Å². The summed E-state index contributed by atoms with van der Waals surface area (Å²) in [6, 6.07) is 51.6. The van der Waals surface area contributed by atoms with Gasteiger partial charge in [-0.1, -0.05) is 140 Å². The molecule has 4 nitrogen and oxygen atoms in total. The van der Waals surface area contributed by atoms with Crippen LogP contribution in [0.15, 0.2) is 152 Å². The molecule has 0 N–H and O–H groups in total. The number of fused-ring (bicyclic) bond motifs is 1. The van der Waals surface area contributed by atoms with Gasteiger partial charge >= 0.3 is 0 Å². The van der Waals surface area contributed by atoms with Gasteiger partial charge in [0.2, 0.25) is 5.91 Å². The summed E-state index contributed by atoms with van der Waals surface area (Å²) in [5.41, 5.74) is 7.60. The molecule has 1 aliphatic heterocycles. The zero-order valence-electron chi connectivity index (χ0n) is 26.3. The average Bonchev–Trinajstić information content (AvgIpc) is 3.48. The zero-order valence-corrected chi connectivity index (χ0v) is 26.3. The topological polar surface area (TPSA) is 28.5 Å². The summed E-state index contributed by atoms with van der Waals surface area (Å²) >= 11 is 0. The molecule has 230 valence electrons. The number of amides is 1. The lowest BCUT2D eigenvalue weighted by Crippen LogP contribution is -2.50. The molecule has 1 unspecified atom stereocenters. The van der Waals surface area contributed by atoms with Crippen molar-refractivity contribution in [1.82, 2.24) is 14.4 Å². The number of hydrogen-bond acceptors (Lipinski definition) is 2. The van der Waals surface area contributed by atoms with E-state index in [1.165, 1.54) is 38.7 Å². The van der Waals surface area contributed by atoms with Crippen LogP contribution in [0.5, 0.6) is 0 Å². The highest BCUT2D eigenvalue weighted by Crippen LogP contribution is 2.34. The lowest BCUT2D eigenvalue weighted by Gasteiger charge is -2.40. The molecule has 1 saturated heterocycles. The van der Waals surface area contributed by atoms with Crippen LogP contribution in [0.4, 0.5) is 0 Å². The SMILES string of the molecule is O=C(CC(Cc1ccccc1)c1cn(Cc2ccccc2)c2ccccc12)N1CCN(C(c2ccccc2)c2ccccc2)CC1. The lowest BCUT2D eigenvalue weighted by atomic mass is 9.88. The fourth-order valence-electron chi connectivity index (χ4n) is 7.16. The third kappa shape index (κ3) is 6.68. The van der Waals surface area contributed by atoms with Crippen LogP contribution in [0, 0.1) is 0 Å². The first kappa shape index (κ1) is 29.8. The molecule has 2 heterocycles. The molecule has 1 aliphatic rings. The molecule has 0 aliphatic carbocycles. The van der Waals surface area contributed by atoms with E-state index in [0.717, 1.165) is 39.1 Å². The monoisotopic (exact) mass is 603 g/mol. The molecule has 0 radical (unpaired) electrons. The number of piperazine rings is 1. The van der Waals surface area contributed by atoms with Gasteiger partial charge in [0.25, 0.3) is 0 Å². The van der Waals surface area contributed by atoms with Crippen molar-refractivity contribution in [2.75, 3.05) is 26.2 Å². The fraction of sp³-hybridized carbons (Fsp3) is 0.214.